The third-order valence-corrected chi connectivity index (χ3v) is 6.45. The normalized spacial score (nSPS) is 11.5. The summed E-state index contributed by atoms with van der Waals surface area (Å²) in [6.45, 7) is 0.570. The van der Waals surface area contributed by atoms with Crippen molar-refractivity contribution >= 4 is 23.5 Å². The smallest absolute Gasteiger partial charge is 0.289 e. The Hall–Kier alpha value is -5.52. The number of benzene rings is 3. The van der Waals surface area contributed by atoms with Crippen LogP contribution >= 0.6 is 0 Å². The first-order valence-corrected chi connectivity index (χ1v) is 13.8. The lowest BCUT2D eigenvalue weighted by molar-refractivity contribution is -0.139. The number of hydrogen-bond acceptors (Lipinski definition) is 9. The summed E-state index contributed by atoms with van der Waals surface area (Å²) in [5.74, 6) is -1.83. The summed E-state index contributed by atoms with van der Waals surface area (Å²) in [5, 5.41) is 10.8. The maximum Gasteiger partial charge on any atom is 0.289 e. The van der Waals surface area contributed by atoms with Crippen LogP contribution in [0.3, 0.4) is 0 Å². The van der Waals surface area contributed by atoms with Crippen LogP contribution < -0.4 is 41.2 Å². The predicted octanol–water partition coefficient (Wildman–Crippen LogP) is 1.44. The Morgan fingerprint density at radius 1 is 0.750 bits per heavy atom. The van der Waals surface area contributed by atoms with Gasteiger partial charge in [0, 0.05) is 32.3 Å². The van der Waals surface area contributed by atoms with Crippen LogP contribution in [0.15, 0.2) is 84.7 Å². The van der Waals surface area contributed by atoms with E-state index in [-0.39, 0.29) is 43.1 Å². The van der Waals surface area contributed by atoms with Gasteiger partial charge in [-0.05, 0) is 23.3 Å². The van der Waals surface area contributed by atoms with Crippen molar-refractivity contribution in [2.75, 3.05) is 34.4 Å². The van der Waals surface area contributed by atoms with Crippen LogP contribution in [0, 0.1) is 0 Å². The van der Waals surface area contributed by atoms with Crippen molar-refractivity contribution in [3.05, 3.63) is 101 Å². The average molecular weight is 604 g/mol. The van der Waals surface area contributed by atoms with Gasteiger partial charge in [0.2, 0.25) is 11.5 Å². The molecule has 0 radical (unpaired) electrons. The minimum absolute atomic E-state index is 0.0938. The molecule has 3 amide bonds. The molecule has 0 heterocycles. The number of nitrogens with two attached hydrogens (primary N) is 1. The highest BCUT2D eigenvalue weighted by atomic mass is 16.5. The first kappa shape index (κ1) is 33.0. The van der Waals surface area contributed by atoms with Gasteiger partial charge in [0.15, 0.2) is 11.5 Å². The van der Waals surface area contributed by atoms with Crippen molar-refractivity contribution in [3.8, 4) is 17.2 Å². The first-order chi connectivity index (χ1) is 21.3. The quantitative estimate of drug-likeness (QED) is 0.0924. The van der Waals surface area contributed by atoms with Crippen LogP contribution in [-0.2, 0) is 27.3 Å². The summed E-state index contributed by atoms with van der Waals surface area (Å²) in [7, 11) is 4.34. The Kier molecular flexibility index (Phi) is 12.6. The lowest BCUT2D eigenvalue weighted by atomic mass is 10.0. The molecule has 0 aliphatic rings. The minimum atomic E-state index is -1.15. The Labute approximate surface area is 255 Å². The molecular weight excluding hydrogens is 566 g/mol. The van der Waals surface area contributed by atoms with E-state index in [4.69, 9.17) is 19.9 Å². The van der Waals surface area contributed by atoms with Crippen LogP contribution in [0.25, 0.3) is 0 Å². The molecule has 3 aromatic rings. The number of hydrogen-bond donors (Lipinski definition) is 5. The molecule has 1 unspecified atom stereocenters. The summed E-state index contributed by atoms with van der Waals surface area (Å²) < 4.78 is 15.9. The number of Topliss-reactive ketones (excluding diaryl/α,β-unsaturated/α-hetero) is 1. The first-order valence-electron chi connectivity index (χ1n) is 13.8. The van der Waals surface area contributed by atoms with E-state index in [1.54, 1.807) is 36.4 Å². The molecule has 12 nitrogen and oxygen atoms in total. The van der Waals surface area contributed by atoms with Crippen molar-refractivity contribution in [1.29, 1.82) is 0 Å². The van der Waals surface area contributed by atoms with Gasteiger partial charge in [-0.1, -0.05) is 60.7 Å². The van der Waals surface area contributed by atoms with Crippen molar-refractivity contribution in [3.63, 3.8) is 0 Å². The second-order valence-corrected chi connectivity index (χ2v) is 9.44. The fourth-order valence-electron chi connectivity index (χ4n) is 4.20. The van der Waals surface area contributed by atoms with E-state index >= 15 is 0 Å². The lowest BCUT2D eigenvalue weighted by Gasteiger charge is -2.18. The Morgan fingerprint density at radius 2 is 1.39 bits per heavy atom. The van der Waals surface area contributed by atoms with Gasteiger partial charge in [-0.25, -0.2) is 0 Å². The van der Waals surface area contributed by atoms with E-state index < -0.39 is 29.5 Å². The average Bonchev–Trinajstić information content (AvgIpc) is 3.06. The van der Waals surface area contributed by atoms with Gasteiger partial charge in [0.25, 0.3) is 17.7 Å². The number of amides is 3. The van der Waals surface area contributed by atoms with Gasteiger partial charge in [-0.15, -0.1) is 0 Å². The Morgan fingerprint density at radius 3 is 2.00 bits per heavy atom. The second-order valence-electron chi connectivity index (χ2n) is 9.44. The van der Waals surface area contributed by atoms with E-state index in [2.05, 4.69) is 21.3 Å². The number of ketones is 1. The molecule has 0 saturated carbocycles. The van der Waals surface area contributed by atoms with Crippen LogP contribution in [-0.4, -0.2) is 64.0 Å². The molecule has 3 rings (SSSR count). The van der Waals surface area contributed by atoms with Crippen molar-refractivity contribution < 1.29 is 33.4 Å². The van der Waals surface area contributed by atoms with Crippen LogP contribution in [0.2, 0.25) is 0 Å². The highest BCUT2D eigenvalue weighted by Crippen LogP contribution is 2.39. The van der Waals surface area contributed by atoms with Gasteiger partial charge >= 0.3 is 0 Å². The zero-order chi connectivity index (χ0) is 31.9. The van der Waals surface area contributed by atoms with Crippen molar-refractivity contribution in [2.24, 2.45) is 5.73 Å². The molecule has 3 aromatic carbocycles. The maximum absolute atomic E-state index is 13.1. The second kappa shape index (κ2) is 16.8. The topological polar surface area (TPSA) is 170 Å². The van der Waals surface area contributed by atoms with Crippen LogP contribution in [0.5, 0.6) is 17.2 Å². The number of ether oxygens (including phenoxy) is 3. The molecule has 1 atom stereocenters. The molecule has 0 aromatic heterocycles. The molecule has 0 spiro atoms. The van der Waals surface area contributed by atoms with E-state index in [1.165, 1.54) is 27.5 Å². The molecule has 6 N–H and O–H groups in total. The van der Waals surface area contributed by atoms with Gasteiger partial charge in [0.05, 0.1) is 26.9 Å². The van der Waals surface area contributed by atoms with Crippen LogP contribution in [0.1, 0.15) is 21.5 Å². The fourth-order valence-corrected chi connectivity index (χ4v) is 4.20. The number of rotatable bonds is 16. The number of carbonyl (C=O) groups is 4. The summed E-state index contributed by atoms with van der Waals surface area (Å²) >= 11 is 0. The SMILES string of the molecule is COc1ccc(C(=O)NCCN/C=C(\N)C(=O)NC(Cc2ccccc2)C(=O)C(=O)NCc2ccccc2)c(OC)c1OC. The molecule has 232 valence electrons. The van der Waals surface area contributed by atoms with Crippen LogP contribution in [0.4, 0.5) is 0 Å². The molecule has 0 saturated heterocycles. The minimum Gasteiger partial charge on any atom is -0.493 e. The van der Waals surface area contributed by atoms with E-state index in [1.807, 2.05) is 36.4 Å². The highest BCUT2D eigenvalue weighted by Gasteiger charge is 2.28. The van der Waals surface area contributed by atoms with Gasteiger partial charge in [0.1, 0.15) is 11.7 Å². The largest absolute Gasteiger partial charge is 0.493 e. The molecule has 12 heteroatoms. The maximum atomic E-state index is 13.1. The zero-order valence-corrected chi connectivity index (χ0v) is 24.8. The standard InChI is InChI=1S/C32H37N5O7/c1-42-26-15-14-23(28(43-2)29(26)44-3)30(39)35-17-16-34-20-24(33)31(40)37-25(18-21-10-6-4-7-11-21)27(38)32(41)36-19-22-12-8-5-9-13-22/h4-15,20,25,34H,16-19,33H2,1-3H3,(H,35,39)(H,36,41)(H,37,40)/b24-20-. The molecule has 44 heavy (non-hydrogen) atoms. The summed E-state index contributed by atoms with van der Waals surface area (Å²) in [5.41, 5.74) is 7.56. The summed E-state index contributed by atoms with van der Waals surface area (Å²) in [6, 6.07) is 20.2. The molecule has 0 bridgehead atoms. The fraction of sp³-hybridized carbons (Fsp3) is 0.250. The lowest BCUT2D eigenvalue weighted by Crippen LogP contribution is -2.49. The number of carbonyl (C=O) groups excluding carboxylic acids is 4. The zero-order valence-electron chi connectivity index (χ0n) is 24.8. The molecule has 0 aliphatic carbocycles. The van der Waals surface area contributed by atoms with E-state index in [9.17, 15) is 19.2 Å². The Bertz CT molecular complexity index is 1460. The number of methoxy groups -OCH3 is 3. The third-order valence-electron chi connectivity index (χ3n) is 6.45. The van der Waals surface area contributed by atoms with Crippen molar-refractivity contribution in [2.45, 2.75) is 19.0 Å². The van der Waals surface area contributed by atoms with E-state index in [0.29, 0.717) is 11.5 Å². The van der Waals surface area contributed by atoms with Gasteiger partial charge in [-0.2, -0.15) is 0 Å². The predicted molar refractivity (Wildman–Crippen MR) is 164 cm³/mol. The monoisotopic (exact) mass is 603 g/mol. The number of nitrogens with one attached hydrogen (secondary N) is 4. The third kappa shape index (κ3) is 9.24. The summed E-state index contributed by atoms with van der Waals surface area (Å²) in [4.78, 5) is 51.3. The molecule has 0 aliphatic heterocycles. The summed E-state index contributed by atoms with van der Waals surface area (Å²) in [6.07, 6.45) is 1.36. The van der Waals surface area contributed by atoms with Gasteiger partial charge < -0.3 is 41.2 Å². The highest BCUT2D eigenvalue weighted by molar-refractivity contribution is 6.38. The molecule has 0 fully saturated rings. The van der Waals surface area contributed by atoms with Crippen molar-refractivity contribution in [1.82, 2.24) is 21.3 Å². The molecular formula is C32H37N5O7. The Balaban J connectivity index is 1.56. The van der Waals surface area contributed by atoms with Gasteiger partial charge in [-0.3, -0.25) is 19.2 Å². The van der Waals surface area contributed by atoms with E-state index in [0.717, 1.165) is 11.1 Å².